The molecule has 0 bridgehead atoms. The first-order valence-corrected chi connectivity index (χ1v) is 12.1. The Kier molecular flexibility index (Phi) is 6.84. The van der Waals surface area contributed by atoms with Crippen molar-refractivity contribution in [3.05, 3.63) is 70.9 Å². The lowest BCUT2D eigenvalue weighted by Gasteiger charge is -2.30. The molecular formula is C28H27F3N4O. The summed E-state index contributed by atoms with van der Waals surface area (Å²) in [5.74, 6) is 1.63. The number of nitrogens with zero attached hydrogens (tertiary/aromatic N) is 4. The Morgan fingerprint density at radius 1 is 1.06 bits per heavy atom. The van der Waals surface area contributed by atoms with Crippen molar-refractivity contribution in [2.75, 3.05) is 44.7 Å². The van der Waals surface area contributed by atoms with Crippen LogP contribution in [0.5, 0.6) is 5.75 Å². The third-order valence-electron chi connectivity index (χ3n) is 6.91. The fraction of sp³-hybridized carbons (Fsp3) is 0.357. The molecule has 1 fully saturated rings. The second-order valence-electron chi connectivity index (χ2n) is 9.37. The maximum atomic E-state index is 15.0. The summed E-state index contributed by atoms with van der Waals surface area (Å²) in [6, 6.07) is 8.04. The van der Waals surface area contributed by atoms with Gasteiger partial charge in [0.15, 0.2) is 17.4 Å². The monoisotopic (exact) mass is 492 g/mol. The van der Waals surface area contributed by atoms with Gasteiger partial charge >= 0.3 is 0 Å². The molecule has 36 heavy (non-hydrogen) atoms. The van der Waals surface area contributed by atoms with Gasteiger partial charge in [-0.25, -0.2) is 23.1 Å². The molecule has 2 aliphatic heterocycles. The van der Waals surface area contributed by atoms with Crippen molar-refractivity contribution >= 4 is 5.69 Å². The summed E-state index contributed by atoms with van der Waals surface area (Å²) in [5, 5.41) is 0. The van der Waals surface area contributed by atoms with E-state index in [0.29, 0.717) is 30.2 Å². The zero-order valence-electron chi connectivity index (χ0n) is 20.1. The number of piperidine rings is 1. The third-order valence-corrected chi connectivity index (χ3v) is 6.91. The largest absolute Gasteiger partial charge is 0.486 e. The Morgan fingerprint density at radius 3 is 2.61 bits per heavy atom. The van der Waals surface area contributed by atoms with E-state index in [9.17, 15) is 13.2 Å². The fourth-order valence-corrected chi connectivity index (χ4v) is 4.95. The van der Waals surface area contributed by atoms with Gasteiger partial charge in [0, 0.05) is 12.0 Å². The number of hydrogen-bond donors (Lipinski definition) is 0. The van der Waals surface area contributed by atoms with E-state index in [1.54, 1.807) is 11.0 Å². The van der Waals surface area contributed by atoms with E-state index in [1.807, 2.05) is 12.1 Å². The quantitative estimate of drug-likeness (QED) is 0.479. The standard InChI is InChI=1S/C28H27F3N4O/c1-3-8-35-11-12-36-28-23(30)15-20(16-25(28)35)27-24(31)17-32-26(33-27)14-18-4-5-21(22(29)13-18)19-6-9-34(2)10-7-19/h1,4-5,13,15-17,19H,6-12,14H2,2H3. The van der Waals surface area contributed by atoms with Gasteiger partial charge in [-0.3, -0.25) is 0 Å². The first-order chi connectivity index (χ1) is 17.4. The molecular weight excluding hydrogens is 465 g/mol. The Balaban J connectivity index is 1.41. The molecule has 0 atom stereocenters. The van der Waals surface area contributed by atoms with Crippen molar-refractivity contribution in [1.82, 2.24) is 14.9 Å². The third kappa shape index (κ3) is 4.89. The lowest BCUT2D eigenvalue weighted by molar-refractivity contribution is 0.253. The molecule has 2 aliphatic rings. The zero-order valence-corrected chi connectivity index (χ0v) is 20.1. The average molecular weight is 493 g/mol. The Labute approximate surface area is 208 Å². The predicted molar refractivity (Wildman–Crippen MR) is 133 cm³/mol. The van der Waals surface area contributed by atoms with Crippen LogP contribution in [0.2, 0.25) is 0 Å². The van der Waals surface area contributed by atoms with E-state index in [-0.39, 0.29) is 41.7 Å². The van der Waals surface area contributed by atoms with Gasteiger partial charge in [-0.1, -0.05) is 18.1 Å². The van der Waals surface area contributed by atoms with Crippen LogP contribution in [0, 0.1) is 29.8 Å². The fourth-order valence-electron chi connectivity index (χ4n) is 4.95. The minimum absolute atomic E-state index is 0.0312. The lowest BCUT2D eigenvalue weighted by Crippen LogP contribution is -2.33. The molecule has 3 heterocycles. The molecule has 5 nitrogen and oxygen atoms in total. The minimum Gasteiger partial charge on any atom is -0.486 e. The van der Waals surface area contributed by atoms with Gasteiger partial charge in [0.25, 0.3) is 0 Å². The molecule has 2 aromatic carbocycles. The number of anilines is 1. The van der Waals surface area contributed by atoms with Crippen LogP contribution >= 0.6 is 0 Å². The molecule has 186 valence electrons. The first kappa shape index (κ1) is 24.1. The number of terminal acetylenes is 1. The van der Waals surface area contributed by atoms with Gasteiger partial charge in [0.2, 0.25) is 0 Å². The van der Waals surface area contributed by atoms with Crippen LogP contribution in [0.4, 0.5) is 18.9 Å². The van der Waals surface area contributed by atoms with Crippen molar-refractivity contribution in [1.29, 1.82) is 0 Å². The van der Waals surface area contributed by atoms with Crippen molar-refractivity contribution < 1.29 is 17.9 Å². The van der Waals surface area contributed by atoms with Crippen LogP contribution in [0.1, 0.15) is 35.7 Å². The highest BCUT2D eigenvalue weighted by Crippen LogP contribution is 2.38. The SMILES string of the molecule is C#CCN1CCOc2c(F)cc(-c3nc(Cc4ccc(C5CCN(C)CC5)c(F)c4)ncc3F)cc21. The van der Waals surface area contributed by atoms with Gasteiger partial charge in [0.05, 0.1) is 25.0 Å². The molecule has 0 N–H and O–H groups in total. The molecule has 0 aliphatic carbocycles. The topological polar surface area (TPSA) is 41.5 Å². The molecule has 1 saturated heterocycles. The predicted octanol–water partition coefficient (Wildman–Crippen LogP) is 4.79. The van der Waals surface area contributed by atoms with Crippen LogP contribution in [-0.4, -0.2) is 54.7 Å². The van der Waals surface area contributed by atoms with Crippen molar-refractivity contribution in [3.8, 4) is 29.4 Å². The summed E-state index contributed by atoms with van der Waals surface area (Å²) in [6.07, 6.45) is 8.59. The van der Waals surface area contributed by atoms with E-state index in [4.69, 9.17) is 11.2 Å². The molecule has 0 saturated carbocycles. The number of hydrogen-bond acceptors (Lipinski definition) is 5. The van der Waals surface area contributed by atoms with Crippen LogP contribution < -0.4 is 9.64 Å². The second-order valence-corrected chi connectivity index (χ2v) is 9.37. The Hall–Kier alpha value is -3.57. The minimum atomic E-state index is -0.679. The molecule has 0 radical (unpaired) electrons. The van der Waals surface area contributed by atoms with Crippen molar-refractivity contribution in [2.24, 2.45) is 0 Å². The number of benzene rings is 2. The number of rotatable bonds is 5. The Bertz CT molecular complexity index is 1310. The van der Waals surface area contributed by atoms with E-state index < -0.39 is 11.6 Å². The highest BCUT2D eigenvalue weighted by Gasteiger charge is 2.24. The maximum Gasteiger partial charge on any atom is 0.178 e. The number of fused-ring (bicyclic) bond motifs is 1. The van der Waals surface area contributed by atoms with E-state index >= 15 is 0 Å². The number of aromatic nitrogens is 2. The molecule has 5 rings (SSSR count). The van der Waals surface area contributed by atoms with Gasteiger partial charge in [-0.2, -0.15) is 0 Å². The van der Waals surface area contributed by atoms with E-state index in [2.05, 4.69) is 27.8 Å². The molecule has 0 spiro atoms. The maximum absolute atomic E-state index is 15.0. The first-order valence-electron chi connectivity index (χ1n) is 12.1. The van der Waals surface area contributed by atoms with Gasteiger partial charge in [-0.15, -0.1) is 6.42 Å². The highest BCUT2D eigenvalue weighted by molar-refractivity contribution is 5.72. The second kappa shape index (κ2) is 10.2. The van der Waals surface area contributed by atoms with Gasteiger partial charge in [-0.05, 0) is 68.2 Å². The number of likely N-dealkylation sites (tertiary alicyclic amines) is 1. The van der Waals surface area contributed by atoms with Crippen LogP contribution in [0.15, 0.2) is 36.5 Å². The van der Waals surface area contributed by atoms with E-state index in [0.717, 1.165) is 37.7 Å². The van der Waals surface area contributed by atoms with Gasteiger partial charge < -0.3 is 14.5 Å². The summed E-state index contributed by atoms with van der Waals surface area (Å²) >= 11 is 0. The lowest BCUT2D eigenvalue weighted by atomic mass is 9.88. The van der Waals surface area contributed by atoms with Crippen LogP contribution in [-0.2, 0) is 6.42 Å². The number of ether oxygens (including phenoxy) is 1. The van der Waals surface area contributed by atoms with Crippen molar-refractivity contribution in [2.45, 2.75) is 25.2 Å². The average Bonchev–Trinajstić information content (AvgIpc) is 2.87. The molecule has 8 heteroatoms. The summed E-state index contributed by atoms with van der Waals surface area (Å²) < 4.78 is 50.1. The zero-order chi connectivity index (χ0) is 25.2. The van der Waals surface area contributed by atoms with Crippen LogP contribution in [0.25, 0.3) is 11.3 Å². The molecule has 0 amide bonds. The smallest absolute Gasteiger partial charge is 0.178 e. The summed E-state index contributed by atoms with van der Waals surface area (Å²) in [7, 11) is 2.08. The van der Waals surface area contributed by atoms with Gasteiger partial charge in [0.1, 0.15) is 23.9 Å². The number of halogens is 3. The Morgan fingerprint density at radius 2 is 1.86 bits per heavy atom. The normalized spacial score (nSPS) is 16.4. The molecule has 3 aromatic rings. The van der Waals surface area contributed by atoms with Crippen molar-refractivity contribution in [3.63, 3.8) is 0 Å². The van der Waals surface area contributed by atoms with Crippen LogP contribution in [0.3, 0.4) is 0 Å². The summed E-state index contributed by atoms with van der Waals surface area (Å²) in [5.41, 5.74) is 2.10. The summed E-state index contributed by atoms with van der Waals surface area (Å²) in [4.78, 5) is 12.5. The molecule has 1 aromatic heterocycles. The van der Waals surface area contributed by atoms with E-state index in [1.165, 1.54) is 12.1 Å². The molecule has 0 unspecified atom stereocenters. The highest BCUT2D eigenvalue weighted by atomic mass is 19.1. The summed E-state index contributed by atoms with van der Waals surface area (Å²) in [6.45, 7) is 2.98.